The smallest absolute Gasteiger partial charge is 0.239 e. The lowest BCUT2D eigenvalue weighted by Crippen LogP contribution is -2.42. The number of carbonyl (C=O) groups excluding carboxylic acids is 2. The van der Waals surface area contributed by atoms with Crippen molar-refractivity contribution in [1.29, 1.82) is 0 Å². The van der Waals surface area contributed by atoms with Crippen LogP contribution in [0.5, 0.6) is 0 Å². The highest BCUT2D eigenvalue weighted by Crippen LogP contribution is 2.26. The fourth-order valence-electron chi connectivity index (χ4n) is 2.62. The molecule has 2 rings (SSSR count). The van der Waals surface area contributed by atoms with Gasteiger partial charge in [0.05, 0.1) is 0 Å². The molecule has 0 aliphatic carbocycles. The van der Waals surface area contributed by atoms with E-state index in [9.17, 15) is 9.59 Å². The number of rotatable bonds is 4. The summed E-state index contributed by atoms with van der Waals surface area (Å²) in [7, 11) is 0. The van der Waals surface area contributed by atoms with E-state index in [1.165, 1.54) is 0 Å². The zero-order valence-corrected chi connectivity index (χ0v) is 15.8. The molecule has 4 nitrogen and oxygen atoms in total. The molecular weight excluding hydrogens is 312 g/mol. The van der Waals surface area contributed by atoms with Crippen LogP contribution < -0.4 is 10.6 Å². The molecule has 0 saturated heterocycles. The predicted molar refractivity (Wildman–Crippen MR) is 103 cm³/mol. The lowest BCUT2D eigenvalue weighted by molar-refractivity contribution is -0.135. The van der Waals surface area contributed by atoms with Crippen LogP contribution in [-0.4, -0.2) is 11.8 Å². The van der Waals surface area contributed by atoms with Crippen LogP contribution in [0.2, 0.25) is 0 Å². The van der Waals surface area contributed by atoms with E-state index in [-0.39, 0.29) is 11.8 Å². The molecule has 2 aromatic rings. The highest BCUT2D eigenvalue weighted by Gasteiger charge is 2.36. The highest BCUT2D eigenvalue weighted by molar-refractivity contribution is 6.14. The second-order valence-electron chi connectivity index (χ2n) is 7.12. The number of benzene rings is 2. The van der Waals surface area contributed by atoms with Crippen molar-refractivity contribution in [2.45, 2.75) is 41.5 Å². The summed E-state index contributed by atoms with van der Waals surface area (Å²) in [6.07, 6.45) is 0. The van der Waals surface area contributed by atoms with E-state index in [1.807, 2.05) is 64.1 Å². The van der Waals surface area contributed by atoms with E-state index >= 15 is 0 Å². The Balaban J connectivity index is 2.18. The average molecular weight is 338 g/mol. The van der Waals surface area contributed by atoms with Gasteiger partial charge in [-0.2, -0.15) is 0 Å². The van der Waals surface area contributed by atoms with Gasteiger partial charge >= 0.3 is 0 Å². The summed E-state index contributed by atoms with van der Waals surface area (Å²) >= 11 is 0. The minimum absolute atomic E-state index is 0.327. The number of nitrogens with one attached hydrogen (secondary N) is 2. The molecule has 25 heavy (non-hydrogen) atoms. The Morgan fingerprint density at radius 1 is 0.800 bits per heavy atom. The first-order valence-electron chi connectivity index (χ1n) is 8.39. The molecule has 0 saturated carbocycles. The summed E-state index contributed by atoms with van der Waals surface area (Å²) in [5.74, 6) is -0.657. The number of para-hydroxylation sites is 1. The first-order chi connectivity index (χ1) is 11.6. The number of hydrogen-bond donors (Lipinski definition) is 2. The van der Waals surface area contributed by atoms with Gasteiger partial charge in [0, 0.05) is 11.4 Å². The second kappa shape index (κ2) is 7.09. The summed E-state index contributed by atoms with van der Waals surface area (Å²) in [5.41, 5.74) is 4.33. The maximum absolute atomic E-state index is 12.7. The van der Waals surface area contributed by atoms with Crippen LogP contribution in [-0.2, 0) is 9.59 Å². The predicted octanol–water partition coefficient (Wildman–Crippen LogP) is 4.52. The highest BCUT2D eigenvalue weighted by atomic mass is 16.2. The van der Waals surface area contributed by atoms with E-state index in [4.69, 9.17) is 0 Å². The first-order valence-corrected chi connectivity index (χ1v) is 8.39. The molecule has 2 amide bonds. The van der Waals surface area contributed by atoms with Crippen molar-refractivity contribution in [3.05, 3.63) is 58.7 Å². The number of amides is 2. The molecule has 0 radical (unpaired) electrons. The number of aryl methyl sites for hydroxylation is 4. The van der Waals surface area contributed by atoms with Crippen molar-refractivity contribution in [3.63, 3.8) is 0 Å². The molecule has 0 fully saturated rings. The Kier molecular flexibility index (Phi) is 5.31. The van der Waals surface area contributed by atoms with Crippen LogP contribution in [0.3, 0.4) is 0 Å². The summed E-state index contributed by atoms with van der Waals surface area (Å²) in [4.78, 5) is 25.4. The van der Waals surface area contributed by atoms with Crippen LogP contribution in [0.15, 0.2) is 36.4 Å². The van der Waals surface area contributed by atoms with E-state index in [0.717, 1.165) is 33.6 Å². The van der Waals surface area contributed by atoms with E-state index < -0.39 is 5.41 Å². The molecule has 132 valence electrons. The van der Waals surface area contributed by atoms with Crippen molar-refractivity contribution in [1.82, 2.24) is 0 Å². The molecule has 2 N–H and O–H groups in total. The third-order valence-electron chi connectivity index (χ3n) is 4.49. The van der Waals surface area contributed by atoms with E-state index in [1.54, 1.807) is 13.8 Å². The van der Waals surface area contributed by atoms with Gasteiger partial charge in [0.25, 0.3) is 0 Å². The van der Waals surface area contributed by atoms with Crippen LogP contribution in [0, 0.1) is 33.1 Å². The van der Waals surface area contributed by atoms with Gasteiger partial charge in [-0.3, -0.25) is 9.59 Å². The lowest BCUT2D eigenvalue weighted by Gasteiger charge is -2.24. The molecule has 0 aromatic heterocycles. The summed E-state index contributed by atoms with van der Waals surface area (Å²) in [6.45, 7) is 11.1. The van der Waals surface area contributed by atoms with Gasteiger partial charge in [0.1, 0.15) is 5.41 Å². The second-order valence-corrected chi connectivity index (χ2v) is 7.12. The molecule has 0 aliphatic rings. The van der Waals surface area contributed by atoms with Crippen LogP contribution >= 0.6 is 0 Å². The molecular formula is C21H26N2O2. The molecule has 2 aromatic carbocycles. The van der Waals surface area contributed by atoms with Crippen molar-refractivity contribution in [3.8, 4) is 0 Å². The molecule has 0 aliphatic heterocycles. The SMILES string of the molecule is Cc1ccc(NC(=O)C(C)(C)C(=O)Nc2c(C)cccc2C)c(C)c1. The molecule has 0 spiro atoms. The van der Waals surface area contributed by atoms with Crippen LogP contribution in [0.25, 0.3) is 0 Å². The number of hydrogen-bond acceptors (Lipinski definition) is 2. The fraction of sp³-hybridized carbons (Fsp3) is 0.333. The van der Waals surface area contributed by atoms with Gasteiger partial charge in [-0.1, -0.05) is 35.9 Å². The van der Waals surface area contributed by atoms with Gasteiger partial charge in [0.15, 0.2) is 0 Å². The summed E-state index contributed by atoms with van der Waals surface area (Å²) in [6, 6.07) is 11.6. The third-order valence-corrected chi connectivity index (χ3v) is 4.49. The Morgan fingerprint density at radius 2 is 1.36 bits per heavy atom. The van der Waals surface area contributed by atoms with Crippen molar-refractivity contribution in [2.75, 3.05) is 10.6 Å². The number of carbonyl (C=O) groups is 2. The maximum atomic E-state index is 12.7. The Hall–Kier alpha value is -2.62. The molecule has 0 atom stereocenters. The Morgan fingerprint density at radius 3 is 1.92 bits per heavy atom. The van der Waals surface area contributed by atoms with Crippen molar-refractivity contribution < 1.29 is 9.59 Å². The van der Waals surface area contributed by atoms with Gasteiger partial charge in [-0.15, -0.1) is 0 Å². The minimum Gasteiger partial charge on any atom is -0.325 e. The molecule has 0 unspecified atom stereocenters. The third kappa shape index (κ3) is 4.08. The van der Waals surface area contributed by atoms with Crippen LogP contribution in [0.1, 0.15) is 36.1 Å². The van der Waals surface area contributed by atoms with Gasteiger partial charge < -0.3 is 10.6 Å². The molecule has 0 heterocycles. The quantitative estimate of drug-likeness (QED) is 0.805. The summed E-state index contributed by atoms with van der Waals surface area (Å²) < 4.78 is 0. The maximum Gasteiger partial charge on any atom is 0.239 e. The lowest BCUT2D eigenvalue weighted by atomic mass is 9.90. The molecule has 4 heteroatoms. The van der Waals surface area contributed by atoms with Gasteiger partial charge in [0.2, 0.25) is 11.8 Å². The van der Waals surface area contributed by atoms with Gasteiger partial charge in [-0.25, -0.2) is 0 Å². The Labute approximate surface area is 149 Å². The van der Waals surface area contributed by atoms with E-state index in [2.05, 4.69) is 10.6 Å². The largest absolute Gasteiger partial charge is 0.325 e. The summed E-state index contributed by atoms with van der Waals surface area (Å²) in [5, 5.41) is 5.78. The fourth-order valence-corrected chi connectivity index (χ4v) is 2.62. The first kappa shape index (κ1) is 18.7. The Bertz CT molecular complexity index is 802. The standard InChI is InChI=1S/C21H26N2O2/c1-13-10-11-17(16(4)12-13)22-19(24)21(5,6)20(25)23-18-14(2)8-7-9-15(18)3/h7-12H,1-6H3,(H,22,24)(H,23,25). The van der Waals surface area contributed by atoms with E-state index in [0.29, 0.717) is 0 Å². The zero-order valence-electron chi connectivity index (χ0n) is 15.8. The van der Waals surface area contributed by atoms with Gasteiger partial charge in [-0.05, 0) is 64.3 Å². The minimum atomic E-state index is -1.20. The average Bonchev–Trinajstić information content (AvgIpc) is 2.53. The normalized spacial score (nSPS) is 11.1. The van der Waals surface area contributed by atoms with Crippen molar-refractivity contribution in [2.24, 2.45) is 5.41 Å². The topological polar surface area (TPSA) is 58.2 Å². The van der Waals surface area contributed by atoms with Crippen molar-refractivity contribution >= 4 is 23.2 Å². The number of anilines is 2. The van der Waals surface area contributed by atoms with Crippen LogP contribution in [0.4, 0.5) is 11.4 Å². The zero-order chi connectivity index (χ0) is 18.8. The monoisotopic (exact) mass is 338 g/mol. The molecule has 0 bridgehead atoms.